The van der Waals surface area contributed by atoms with Gasteiger partial charge in [0.15, 0.2) is 0 Å². The molecule has 0 spiro atoms. The van der Waals surface area contributed by atoms with Crippen LogP contribution in [0.3, 0.4) is 0 Å². The first-order chi connectivity index (χ1) is 9.58. The molecular formula is C17H26N2O. The van der Waals surface area contributed by atoms with Gasteiger partial charge in [-0.25, -0.2) is 0 Å². The highest BCUT2D eigenvalue weighted by Gasteiger charge is 2.29. The summed E-state index contributed by atoms with van der Waals surface area (Å²) in [6.07, 6.45) is 3.74. The van der Waals surface area contributed by atoms with Crippen LogP contribution in [0.15, 0.2) is 30.3 Å². The molecule has 110 valence electrons. The molecule has 0 saturated heterocycles. The average Bonchev–Trinajstić information content (AvgIpc) is 2.45. The molecule has 0 unspecified atom stereocenters. The van der Waals surface area contributed by atoms with Crippen molar-refractivity contribution in [3.05, 3.63) is 30.3 Å². The van der Waals surface area contributed by atoms with Crippen LogP contribution in [0, 0.1) is 11.8 Å². The Labute approximate surface area is 122 Å². The first-order valence-corrected chi connectivity index (χ1v) is 7.70. The molecule has 0 aliphatic heterocycles. The van der Waals surface area contributed by atoms with Crippen molar-refractivity contribution in [3.8, 4) is 0 Å². The first-order valence-electron chi connectivity index (χ1n) is 7.70. The zero-order valence-corrected chi connectivity index (χ0v) is 12.7. The van der Waals surface area contributed by atoms with E-state index in [4.69, 9.17) is 0 Å². The molecule has 0 heterocycles. The van der Waals surface area contributed by atoms with Crippen molar-refractivity contribution in [3.63, 3.8) is 0 Å². The lowest BCUT2D eigenvalue weighted by molar-refractivity contribution is -0.118. The number of nitrogens with one attached hydrogen (secondary N) is 2. The normalized spacial score (nSPS) is 27.9. The van der Waals surface area contributed by atoms with Gasteiger partial charge in [-0.1, -0.05) is 44.9 Å². The maximum absolute atomic E-state index is 12.2. The molecule has 1 aliphatic carbocycles. The summed E-state index contributed by atoms with van der Waals surface area (Å²) >= 11 is 0. The Morgan fingerprint density at radius 3 is 2.60 bits per heavy atom. The maximum Gasteiger partial charge on any atom is 0.241 e. The molecule has 3 nitrogen and oxygen atoms in total. The summed E-state index contributed by atoms with van der Waals surface area (Å²) in [6.45, 7) is 6.56. The summed E-state index contributed by atoms with van der Waals surface area (Å²) in [4.78, 5) is 12.2. The van der Waals surface area contributed by atoms with Gasteiger partial charge in [0, 0.05) is 11.7 Å². The van der Waals surface area contributed by atoms with Crippen LogP contribution in [0.5, 0.6) is 0 Å². The molecule has 1 fully saturated rings. The van der Waals surface area contributed by atoms with Crippen LogP contribution in [0.2, 0.25) is 0 Å². The number of anilines is 1. The number of hydrogen-bond acceptors (Lipinski definition) is 2. The highest BCUT2D eigenvalue weighted by molar-refractivity contribution is 5.94. The third-order valence-corrected chi connectivity index (χ3v) is 4.61. The average molecular weight is 274 g/mol. The Morgan fingerprint density at radius 2 is 1.90 bits per heavy atom. The molecule has 0 bridgehead atoms. The highest BCUT2D eigenvalue weighted by atomic mass is 16.2. The first kappa shape index (κ1) is 15.0. The summed E-state index contributed by atoms with van der Waals surface area (Å²) in [6, 6.07) is 9.93. The second kappa shape index (κ2) is 6.89. The number of carbonyl (C=O) groups excluding carboxylic acids is 1. The molecule has 1 aromatic carbocycles. The Hall–Kier alpha value is -1.35. The van der Waals surface area contributed by atoms with Gasteiger partial charge in [-0.3, -0.25) is 4.79 Å². The van der Waals surface area contributed by atoms with Crippen molar-refractivity contribution in [2.24, 2.45) is 11.8 Å². The van der Waals surface area contributed by atoms with Crippen LogP contribution in [0.25, 0.3) is 0 Å². The van der Waals surface area contributed by atoms with E-state index in [1.165, 1.54) is 19.3 Å². The molecule has 0 radical (unpaired) electrons. The van der Waals surface area contributed by atoms with Gasteiger partial charge in [-0.2, -0.15) is 0 Å². The SMILES string of the molecule is C[C@@H]1[C@H](C)CCC[C@H]1N[C@@H](C)C(=O)Nc1ccccc1. The lowest BCUT2D eigenvalue weighted by Crippen LogP contribution is -2.49. The second-order valence-electron chi connectivity index (χ2n) is 6.12. The van der Waals surface area contributed by atoms with Gasteiger partial charge in [-0.05, 0) is 37.3 Å². The van der Waals surface area contributed by atoms with Crippen molar-refractivity contribution in [2.45, 2.75) is 52.1 Å². The van der Waals surface area contributed by atoms with Gasteiger partial charge < -0.3 is 10.6 Å². The summed E-state index contributed by atoms with van der Waals surface area (Å²) in [5.74, 6) is 1.42. The summed E-state index contributed by atoms with van der Waals surface area (Å²) in [5.41, 5.74) is 0.858. The fourth-order valence-corrected chi connectivity index (χ4v) is 2.99. The lowest BCUT2D eigenvalue weighted by Gasteiger charge is -2.36. The van der Waals surface area contributed by atoms with Crippen LogP contribution in [-0.4, -0.2) is 18.0 Å². The third kappa shape index (κ3) is 3.83. The van der Waals surface area contributed by atoms with Gasteiger partial charge in [0.05, 0.1) is 6.04 Å². The summed E-state index contributed by atoms with van der Waals surface area (Å²) in [5, 5.41) is 6.46. The minimum absolute atomic E-state index is 0.0432. The predicted octanol–water partition coefficient (Wildman–Crippen LogP) is 3.43. The smallest absolute Gasteiger partial charge is 0.241 e. The van der Waals surface area contributed by atoms with Crippen molar-refractivity contribution < 1.29 is 4.79 Å². The van der Waals surface area contributed by atoms with E-state index in [9.17, 15) is 4.79 Å². The molecule has 1 saturated carbocycles. The summed E-state index contributed by atoms with van der Waals surface area (Å²) < 4.78 is 0. The summed E-state index contributed by atoms with van der Waals surface area (Å²) in [7, 11) is 0. The van der Waals surface area contributed by atoms with E-state index in [0.717, 1.165) is 11.6 Å². The van der Waals surface area contributed by atoms with E-state index in [2.05, 4.69) is 24.5 Å². The number of carbonyl (C=O) groups is 1. The molecule has 1 amide bonds. The van der Waals surface area contributed by atoms with Crippen LogP contribution < -0.4 is 10.6 Å². The van der Waals surface area contributed by atoms with Crippen molar-refractivity contribution in [1.82, 2.24) is 5.32 Å². The maximum atomic E-state index is 12.2. The van der Waals surface area contributed by atoms with E-state index < -0.39 is 0 Å². The van der Waals surface area contributed by atoms with Crippen molar-refractivity contribution in [1.29, 1.82) is 0 Å². The minimum atomic E-state index is -0.159. The van der Waals surface area contributed by atoms with Gasteiger partial charge in [0.2, 0.25) is 5.91 Å². The van der Waals surface area contributed by atoms with E-state index in [-0.39, 0.29) is 11.9 Å². The fourth-order valence-electron chi connectivity index (χ4n) is 2.99. The van der Waals surface area contributed by atoms with Crippen LogP contribution in [0.1, 0.15) is 40.0 Å². The van der Waals surface area contributed by atoms with Gasteiger partial charge in [0.1, 0.15) is 0 Å². The monoisotopic (exact) mass is 274 g/mol. The van der Waals surface area contributed by atoms with Crippen LogP contribution in [0.4, 0.5) is 5.69 Å². The standard InChI is InChI=1S/C17H26N2O/c1-12-8-7-11-16(13(12)2)18-14(3)17(20)19-15-9-5-4-6-10-15/h4-6,9-10,12-14,16,18H,7-8,11H2,1-3H3,(H,19,20)/t12-,13-,14+,16-/m1/s1. The van der Waals surface area contributed by atoms with Crippen molar-refractivity contribution in [2.75, 3.05) is 5.32 Å². The predicted molar refractivity (Wildman–Crippen MR) is 83.6 cm³/mol. The molecule has 1 aromatic rings. The quantitative estimate of drug-likeness (QED) is 0.883. The topological polar surface area (TPSA) is 41.1 Å². The number of rotatable bonds is 4. The Kier molecular flexibility index (Phi) is 5.18. The number of para-hydroxylation sites is 1. The van der Waals surface area contributed by atoms with E-state index in [1.54, 1.807) is 0 Å². The van der Waals surface area contributed by atoms with Gasteiger partial charge in [-0.15, -0.1) is 0 Å². The zero-order valence-electron chi connectivity index (χ0n) is 12.7. The number of amides is 1. The molecule has 2 rings (SSSR count). The molecule has 1 aliphatic rings. The minimum Gasteiger partial charge on any atom is -0.325 e. The zero-order chi connectivity index (χ0) is 14.5. The fraction of sp³-hybridized carbons (Fsp3) is 0.588. The Bertz CT molecular complexity index is 432. The van der Waals surface area contributed by atoms with Crippen molar-refractivity contribution >= 4 is 11.6 Å². The Morgan fingerprint density at radius 1 is 1.20 bits per heavy atom. The van der Waals surface area contributed by atoms with E-state index >= 15 is 0 Å². The number of hydrogen-bond donors (Lipinski definition) is 2. The molecule has 20 heavy (non-hydrogen) atoms. The van der Waals surface area contributed by atoms with Gasteiger partial charge in [0.25, 0.3) is 0 Å². The van der Waals surface area contributed by atoms with Crippen LogP contribution in [-0.2, 0) is 4.79 Å². The second-order valence-corrected chi connectivity index (χ2v) is 6.12. The molecule has 0 aromatic heterocycles. The molecule has 2 N–H and O–H groups in total. The van der Waals surface area contributed by atoms with E-state index in [0.29, 0.717) is 12.0 Å². The third-order valence-electron chi connectivity index (χ3n) is 4.61. The Balaban J connectivity index is 1.87. The molecular weight excluding hydrogens is 248 g/mol. The lowest BCUT2D eigenvalue weighted by atomic mass is 9.78. The van der Waals surface area contributed by atoms with Gasteiger partial charge >= 0.3 is 0 Å². The van der Waals surface area contributed by atoms with E-state index in [1.807, 2.05) is 37.3 Å². The number of benzene rings is 1. The molecule has 3 heteroatoms. The largest absolute Gasteiger partial charge is 0.325 e. The highest BCUT2D eigenvalue weighted by Crippen LogP contribution is 2.29. The molecule has 4 atom stereocenters. The van der Waals surface area contributed by atoms with Crippen LogP contribution >= 0.6 is 0 Å².